The van der Waals surface area contributed by atoms with E-state index in [0.29, 0.717) is 54.0 Å². The van der Waals surface area contributed by atoms with E-state index >= 15 is 0 Å². The van der Waals surface area contributed by atoms with Crippen molar-refractivity contribution in [2.45, 2.75) is 12.1 Å². The molecule has 0 atom stereocenters. The Balaban J connectivity index is 1.52. The zero-order chi connectivity index (χ0) is 22.8. The smallest absolute Gasteiger partial charge is 0.272 e. The monoisotopic (exact) mass is 456 g/mol. The van der Waals surface area contributed by atoms with Crippen LogP contribution in [0.5, 0.6) is 0 Å². The van der Waals surface area contributed by atoms with E-state index in [1.54, 1.807) is 33.7 Å². The Kier molecular flexibility index (Phi) is 6.27. The van der Waals surface area contributed by atoms with E-state index in [1.165, 1.54) is 43.1 Å². The molecule has 0 bridgehead atoms. The van der Waals surface area contributed by atoms with Crippen molar-refractivity contribution in [1.29, 1.82) is 0 Å². The summed E-state index contributed by atoms with van der Waals surface area (Å²) in [5.74, 6) is -1.17. The number of piperazine rings is 1. The summed E-state index contributed by atoms with van der Waals surface area (Å²) in [6, 6.07) is 10.4. The van der Waals surface area contributed by atoms with Gasteiger partial charge in [-0.25, -0.2) is 13.8 Å². The Labute approximate surface area is 188 Å². The minimum absolute atomic E-state index is 0.186. The van der Waals surface area contributed by atoms with E-state index in [0.717, 1.165) is 0 Å². The molecule has 1 fully saturated rings. The Morgan fingerprint density at radius 3 is 2.28 bits per heavy atom. The van der Waals surface area contributed by atoms with Gasteiger partial charge in [0.2, 0.25) is 0 Å². The van der Waals surface area contributed by atoms with Crippen molar-refractivity contribution in [1.82, 2.24) is 14.5 Å². The van der Waals surface area contributed by atoms with Crippen LogP contribution in [0.1, 0.15) is 27.8 Å². The number of ketones is 1. The summed E-state index contributed by atoms with van der Waals surface area (Å²) < 4.78 is 29.6. The lowest BCUT2D eigenvalue weighted by molar-refractivity contribution is 0.0737. The molecule has 0 aliphatic carbocycles. The molecule has 6 nitrogen and oxygen atoms in total. The van der Waals surface area contributed by atoms with Gasteiger partial charge in [-0.05, 0) is 55.6 Å². The molecule has 1 aliphatic heterocycles. The standard InChI is InChI=1S/C23H22F2N4O2S/c1-15(30)16-3-8-20(19(25)13-16)27-9-11-28(12-10-27)22(31)21-14-26-23(32-2)29(21)18-6-4-17(24)5-7-18/h3-8,13-14H,9-12H2,1-2H3. The molecule has 0 saturated carbocycles. The third kappa shape index (κ3) is 4.25. The lowest BCUT2D eigenvalue weighted by Gasteiger charge is -2.36. The topological polar surface area (TPSA) is 58.4 Å². The van der Waals surface area contributed by atoms with Gasteiger partial charge < -0.3 is 9.80 Å². The number of anilines is 1. The van der Waals surface area contributed by atoms with E-state index in [1.807, 2.05) is 11.2 Å². The Morgan fingerprint density at radius 2 is 1.69 bits per heavy atom. The van der Waals surface area contributed by atoms with Gasteiger partial charge in [0.25, 0.3) is 5.91 Å². The van der Waals surface area contributed by atoms with Gasteiger partial charge in [-0.3, -0.25) is 14.2 Å². The zero-order valence-electron chi connectivity index (χ0n) is 17.7. The molecule has 0 spiro atoms. The molecule has 4 rings (SSSR count). The summed E-state index contributed by atoms with van der Waals surface area (Å²) in [6.45, 7) is 3.15. The SMILES string of the molecule is CSc1ncc(C(=O)N2CCN(c3ccc(C(C)=O)cc3F)CC2)n1-c1ccc(F)cc1. The van der Waals surface area contributed by atoms with Gasteiger partial charge in [0.05, 0.1) is 11.9 Å². The maximum absolute atomic E-state index is 14.5. The Morgan fingerprint density at radius 1 is 1.00 bits per heavy atom. The van der Waals surface area contributed by atoms with E-state index in [-0.39, 0.29) is 17.5 Å². The Bertz CT molecular complexity index is 1160. The van der Waals surface area contributed by atoms with Crippen LogP contribution in [0.3, 0.4) is 0 Å². The molecule has 3 aromatic rings. The van der Waals surface area contributed by atoms with Gasteiger partial charge in [-0.1, -0.05) is 11.8 Å². The van der Waals surface area contributed by atoms with Crippen LogP contribution in [0.4, 0.5) is 14.5 Å². The van der Waals surface area contributed by atoms with Crippen LogP contribution >= 0.6 is 11.8 Å². The van der Waals surface area contributed by atoms with Crippen molar-refractivity contribution in [3.8, 4) is 5.69 Å². The lowest BCUT2D eigenvalue weighted by Crippen LogP contribution is -2.49. The number of imidazole rings is 1. The van der Waals surface area contributed by atoms with Gasteiger partial charge in [0.15, 0.2) is 10.9 Å². The average molecular weight is 457 g/mol. The molecule has 1 aliphatic rings. The molecule has 1 saturated heterocycles. The summed E-state index contributed by atoms with van der Waals surface area (Å²) >= 11 is 1.40. The van der Waals surface area contributed by atoms with Crippen LogP contribution in [0.15, 0.2) is 53.8 Å². The molecular weight excluding hydrogens is 434 g/mol. The first-order valence-electron chi connectivity index (χ1n) is 10.1. The van der Waals surface area contributed by atoms with Crippen molar-refractivity contribution < 1.29 is 18.4 Å². The number of thioether (sulfide) groups is 1. The number of amides is 1. The third-order valence-electron chi connectivity index (χ3n) is 5.48. The van der Waals surface area contributed by atoms with Crippen LogP contribution in [0.2, 0.25) is 0 Å². The van der Waals surface area contributed by atoms with E-state index in [4.69, 9.17) is 0 Å². The highest BCUT2D eigenvalue weighted by atomic mass is 32.2. The van der Waals surface area contributed by atoms with Crippen molar-refractivity contribution in [3.05, 3.63) is 71.6 Å². The first-order valence-corrected chi connectivity index (χ1v) is 11.3. The van der Waals surface area contributed by atoms with Crippen LogP contribution in [-0.2, 0) is 0 Å². The molecule has 2 aromatic carbocycles. The molecule has 1 amide bonds. The van der Waals surface area contributed by atoms with Gasteiger partial charge in [-0.2, -0.15) is 0 Å². The first kappa shape index (κ1) is 22.0. The highest BCUT2D eigenvalue weighted by molar-refractivity contribution is 7.98. The van der Waals surface area contributed by atoms with Crippen molar-refractivity contribution in [2.75, 3.05) is 37.3 Å². The number of hydrogen-bond acceptors (Lipinski definition) is 5. The second-order valence-electron chi connectivity index (χ2n) is 7.44. The fourth-order valence-electron chi connectivity index (χ4n) is 3.76. The van der Waals surface area contributed by atoms with E-state index in [9.17, 15) is 18.4 Å². The van der Waals surface area contributed by atoms with Crippen LogP contribution in [-0.4, -0.2) is 58.6 Å². The predicted octanol–water partition coefficient (Wildman–Crippen LogP) is 4.04. The minimum atomic E-state index is -0.448. The molecule has 0 N–H and O–H groups in total. The second kappa shape index (κ2) is 9.12. The van der Waals surface area contributed by atoms with Crippen LogP contribution in [0.25, 0.3) is 5.69 Å². The number of aromatic nitrogens is 2. The summed E-state index contributed by atoms with van der Waals surface area (Å²) in [5.41, 5.74) is 1.80. The normalized spacial score (nSPS) is 14.0. The fraction of sp³-hybridized carbons (Fsp3) is 0.261. The van der Waals surface area contributed by atoms with Crippen molar-refractivity contribution >= 4 is 29.1 Å². The zero-order valence-corrected chi connectivity index (χ0v) is 18.5. The van der Waals surface area contributed by atoms with Gasteiger partial charge >= 0.3 is 0 Å². The molecule has 32 heavy (non-hydrogen) atoms. The number of halogens is 2. The lowest BCUT2D eigenvalue weighted by atomic mass is 10.1. The van der Waals surface area contributed by atoms with E-state index < -0.39 is 5.82 Å². The second-order valence-corrected chi connectivity index (χ2v) is 8.22. The highest BCUT2D eigenvalue weighted by Crippen LogP contribution is 2.25. The summed E-state index contributed by atoms with van der Waals surface area (Å²) in [6.07, 6.45) is 3.39. The molecule has 9 heteroatoms. The van der Waals surface area contributed by atoms with Crippen LogP contribution in [0, 0.1) is 11.6 Å². The summed E-state index contributed by atoms with van der Waals surface area (Å²) in [7, 11) is 0. The van der Waals surface area contributed by atoms with Crippen molar-refractivity contribution in [3.63, 3.8) is 0 Å². The number of carbonyl (C=O) groups excluding carboxylic acids is 2. The first-order chi connectivity index (χ1) is 15.4. The third-order valence-corrected chi connectivity index (χ3v) is 6.13. The quantitative estimate of drug-likeness (QED) is 0.429. The number of hydrogen-bond donors (Lipinski definition) is 0. The van der Waals surface area contributed by atoms with Crippen molar-refractivity contribution in [2.24, 2.45) is 0 Å². The Hall–Kier alpha value is -3.20. The number of Topliss-reactive ketones (excluding diaryl/α,β-unsaturated/α-hetero) is 1. The van der Waals surface area contributed by atoms with Gasteiger partial charge in [0, 0.05) is 37.4 Å². The maximum atomic E-state index is 14.5. The molecule has 1 aromatic heterocycles. The molecule has 2 heterocycles. The molecule has 0 unspecified atom stereocenters. The number of benzene rings is 2. The summed E-state index contributed by atoms with van der Waals surface area (Å²) in [4.78, 5) is 32.6. The molecular formula is C23H22F2N4O2S. The predicted molar refractivity (Wildman–Crippen MR) is 120 cm³/mol. The number of rotatable bonds is 5. The van der Waals surface area contributed by atoms with Gasteiger partial charge in [0.1, 0.15) is 17.3 Å². The van der Waals surface area contributed by atoms with Gasteiger partial charge in [-0.15, -0.1) is 0 Å². The summed E-state index contributed by atoms with van der Waals surface area (Å²) in [5, 5.41) is 0.631. The molecule has 166 valence electrons. The average Bonchev–Trinajstić information content (AvgIpc) is 3.23. The highest BCUT2D eigenvalue weighted by Gasteiger charge is 2.27. The minimum Gasteiger partial charge on any atom is -0.366 e. The molecule has 0 radical (unpaired) electrons. The van der Waals surface area contributed by atoms with E-state index in [2.05, 4.69) is 4.98 Å². The fourth-order valence-corrected chi connectivity index (χ4v) is 4.31. The number of carbonyl (C=O) groups is 2. The number of nitrogens with zero attached hydrogens (tertiary/aromatic N) is 4. The van der Waals surface area contributed by atoms with Crippen LogP contribution < -0.4 is 4.90 Å². The maximum Gasteiger partial charge on any atom is 0.272 e. The largest absolute Gasteiger partial charge is 0.366 e.